The summed E-state index contributed by atoms with van der Waals surface area (Å²) in [4.78, 5) is 27.9. The molecule has 15 heavy (non-hydrogen) atoms. The number of nitrogens with zero attached hydrogens (tertiary/aromatic N) is 3. The van der Waals surface area contributed by atoms with E-state index in [-0.39, 0.29) is 18.3 Å². The van der Waals surface area contributed by atoms with Crippen LogP contribution < -0.4 is 5.32 Å². The topological polar surface area (TPSA) is 88.3 Å². The summed E-state index contributed by atoms with van der Waals surface area (Å²) in [6, 6.07) is 0. The Morgan fingerprint density at radius 3 is 3.00 bits per heavy atom. The number of rotatable bonds is 1. The Hall–Kier alpha value is -1.92. The van der Waals surface area contributed by atoms with E-state index in [2.05, 4.69) is 15.5 Å². The monoisotopic (exact) mass is 210 g/mol. The van der Waals surface area contributed by atoms with Crippen molar-refractivity contribution < 1.29 is 14.1 Å². The number of piperazine rings is 1. The zero-order chi connectivity index (χ0) is 10.8. The molecule has 0 unspecified atom stereocenters. The van der Waals surface area contributed by atoms with E-state index in [1.807, 2.05) is 0 Å². The van der Waals surface area contributed by atoms with Crippen LogP contribution in [0.1, 0.15) is 16.5 Å². The first-order chi connectivity index (χ1) is 7.16. The van der Waals surface area contributed by atoms with E-state index in [4.69, 9.17) is 4.52 Å². The summed E-state index contributed by atoms with van der Waals surface area (Å²) in [5.41, 5.74) is 0. The molecule has 1 aliphatic heterocycles. The maximum Gasteiger partial charge on any atom is 0.316 e. The van der Waals surface area contributed by atoms with Crippen molar-refractivity contribution in [2.45, 2.75) is 6.92 Å². The third-order valence-electron chi connectivity index (χ3n) is 2.04. The van der Waals surface area contributed by atoms with Crippen LogP contribution in [0.2, 0.25) is 0 Å². The van der Waals surface area contributed by atoms with Gasteiger partial charge in [0.2, 0.25) is 5.91 Å². The van der Waals surface area contributed by atoms with E-state index in [0.717, 1.165) is 0 Å². The van der Waals surface area contributed by atoms with Crippen molar-refractivity contribution in [3.8, 4) is 0 Å². The summed E-state index contributed by atoms with van der Waals surface area (Å²) >= 11 is 0. The highest BCUT2D eigenvalue weighted by molar-refractivity contribution is 5.93. The number of hydrogen-bond acceptors (Lipinski definition) is 5. The molecule has 0 atom stereocenters. The van der Waals surface area contributed by atoms with E-state index < -0.39 is 5.91 Å². The minimum atomic E-state index is -0.398. The zero-order valence-electron chi connectivity index (χ0n) is 8.19. The highest BCUT2D eigenvalue weighted by Crippen LogP contribution is 2.03. The van der Waals surface area contributed by atoms with Gasteiger partial charge in [0.05, 0.1) is 0 Å². The predicted molar refractivity (Wildman–Crippen MR) is 47.9 cm³/mol. The van der Waals surface area contributed by atoms with Crippen molar-refractivity contribution in [1.82, 2.24) is 20.4 Å². The van der Waals surface area contributed by atoms with E-state index in [9.17, 15) is 9.59 Å². The van der Waals surface area contributed by atoms with E-state index >= 15 is 0 Å². The van der Waals surface area contributed by atoms with Crippen LogP contribution in [0.25, 0.3) is 0 Å². The molecule has 1 fully saturated rings. The molecular weight excluding hydrogens is 200 g/mol. The normalized spacial score (nSPS) is 16.3. The first-order valence-corrected chi connectivity index (χ1v) is 4.53. The summed E-state index contributed by atoms with van der Waals surface area (Å²) in [6.45, 7) is 2.59. The van der Waals surface area contributed by atoms with Gasteiger partial charge in [0.25, 0.3) is 0 Å². The van der Waals surface area contributed by atoms with Gasteiger partial charge in [0, 0.05) is 13.1 Å². The lowest BCUT2D eigenvalue weighted by Gasteiger charge is -2.24. The molecule has 80 valence electrons. The first kappa shape index (κ1) is 9.63. The number of aryl methyl sites for hydroxylation is 1. The van der Waals surface area contributed by atoms with Gasteiger partial charge < -0.3 is 14.7 Å². The van der Waals surface area contributed by atoms with Gasteiger partial charge in [0.15, 0.2) is 5.82 Å². The highest BCUT2D eigenvalue weighted by Gasteiger charge is 2.25. The fourth-order valence-electron chi connectivity index (χ4n) is 1.33. The van der Waals surface area contributed by atoms with Crippen LogP contribution in [-0.4, -0.2) is 46.5 Å². The van der Waals surface area contributed by atoms with Gasteiger partial charge in [-0.05, 0) is 6.92 Å². The summed E-state index contributed by atoms with van der Waals surface area (Å²) in [5, 5.41) is 6.14. The third-order valence-corrected chi connectivity index (χ3v) is 2.04. The van der Waals surface area contributed by atoms with E-state index in [0.29, 0.717) is 18.9 Å². The van der Waals surface area contributed by atoms with Crippen molar-refractivity contribution in [3.63, 3.8) is 0 Å². The van der Waals surface area contributed by atoms with Gasteiger partial charge in [-0.2, -0.15) is 4.98 Å². The van der Waals surface area contributed by atoms with Gasteiger partial charge in [-0.1, -0.05) is 5.16 Å². The Morgan fingerprint density at radius 1 is 1.60 bits per heavy atom. The molecule has 0 saturated carbocycles. The van der Waals surface area contributed by atoms with Crippen LogP contribution in [0.4, 0.5) is 0 Å². The van der Waals surface area contributed by atoms with Crippen LogP contribution in [0.15, 0.2) is 4.52 Å². The fraction of sp³-hybridized carbons (Fsp3) is 0.500. The molecule has 0 aliphatic carbocycles. The zero-order valence-corrected chi connectivity index (χ0v) is 8.19. The predicted octanol–water partition coefficient (Wildman–Crippen LogP) is -1.05. The van der Waals surface area contributed by atoms with Crippen molar-refractivity contribution in [3.05, 3.63) is 11.7 Å². The standard InChI is InChI=1S/C8H10N4O3/c1-5-10-7(15-11-5)8(14)12-3-2-9-6(13)4-12/h2-4H2,1H3,(H,9,13). The minimum Gasteiger partial charge on any atom is -0.353 e. The second kappa shape index (κ2) is 3.68. The molecule has 1 N–H and O–H groups in total. The van der Waals surface area contributed by atoms with Crippen molar-refractivity contribution in [1.29, 1.82) is 0 Å². The van der Waals surface area contributed by atoms with Gasteiger partial charge in [0.1, 0.15) is 6.54 Å². The summed E-state index contributed by atoms with van der Waals surface area (Å²) in [7, 11) is 0. The van der Waals surface area contributed by atoms with Crippen molar-refractivity contribution in [2.24, 2.45) is 0 Å². The largest absolute Gasteiger partial charge is 0.353 e. The Kier molecular flexibility index (Phi) is 2.36. The van der Waals surface area contributed by atoms with Gasteiger partial charge >= 0.3 is 11.8 Å². The Bertz CT molecular complexity index is 400. The lowest BCUT2D eigenvalue weighted by atomic mass is 10.3. The van der Waals surface area contributed by atoms with Gasteiger partial charge in [-0.15, -0.1) is 0 Å². The minimum absolute atomic E-state index is 0.0419. The Balaban J connectivity index is 2.10. The maximum absolute atomic E-state index is 11.7. The maximum atomic E-state index is 11.7. The molecule has 1 aromatic rings. The third kappa shape index (κ3) is 1.95. The molecule has 2 amide bonds. The summed E-state index contributed by atoms with van der Waals surface area (Å²) in [5.74, 6) is -0.238. The lowest BCUT2D eigenvalue weighted by Crippen LogP contribution is -2.50. The van der Waals surface area contributed by atoms with Crippen LogP contribution in [-0.2, 0) is 4.79 Å². The molecule has 7 heteroatoms. The molecule has 2 heterocycles. The molecule has 7 nitrogen and oxygen atoms in total. The molecule has 1 aliphatic rings. The van der Waals surface area contributed by atoms with Crippen molar-refractivity contribution >= 4 is 11.8 Å². The smallest absolute Gasteiger partial charge is 0.316 e. The number of hydrogen-bond donors (Lipinski definition) is 1. The van der Waals surface area contributed by atoms with E-state index in [1.165, 1.54) is 4.90 Å². The summed E-state index contributed by atoms with van der Waals surface area (Å²) in [6.07, 6.45) is 0. The molecule has 1 aromatic heterocycles. The number of carbonyl (C=O) groups excluding carboxylic acids is 2. The lowest BCUT2D eigenvalue weighted by molar-refractivity contribution is -0.123. The number of amides is 2. The van der Waals surface area contributed by atoms with Crippen LogP contribution in [0.3, 0.4) is 0 Å². The quantitative estimate of drug-likeness (QED) is 0.639. The van der Waals surface area contributed by atoms with E-state index in [1.54, 1.807) is 6.92 Å². The van der Waals surface area contributed by atoms with Gasteiger partial charge in [-0.25, -0.2) is 0 Å². The first-order valence-electron chi connectivity index (χ1n) is 4.53. The Morgan fingerprint density at radius 2 is 2.40 bits per heavy atom. The average Bonchev–Trinajstić information content (AvgIpc) is 2.64. The highest BCUT2D eigenvalue weighted by atomic mass is 16.5. The van der Waals surface area contributed by atoms with Crippen molar-refractivity contribution in [2.75, 3.05) is 19.6 Å². The molecule has 0 spiro atoms. The molecule has 0 aromatic carbocycles. The van der Waals surface area contributed by atoms with Crippen LogP contribution in [0.5, 0.6) is 0 Å². The number of carbonyl (C=O) groups is 2. The SMILES string of the molecule is Cc1noc(C(=O)N2CCNC(=O)C2)n1. The number of aromatic nitrogens is 2. The molecule has 0 radical (unpaired) electrons. The fourth-order valence-corrected chi connectivity index (χ4v) is 1.33. The molecule has 1 saturated heterocycles. The summed E-state index contributed by atoms with van der Waals surface area (Å²) < 4.78 is 4.73. The van der Waals surface area contributed by atoms with Gasteiger partial charge in [-0.3, -0.25) is 9.59 Å². The van der Waals surface area contributed by atoms with Crippen LogP contribution >= 0.6 is 0 Å². The van der Waals surface area contributed by atoms with Crippen LogP contribution in [0, 0.1) is 6.92 Å². The second-order valence-corrected chi connectivity index (χ2v) is 3.22. The number of nitrogens with one attached hydrogen (secondary N) is 1. The average molecular weight is 210 g/mol. The molecule has 2 rings (SSSR count). The Labute approximate surface area is 85.4 Å². The molecular formula is C8H10N4O3. The second-order valence-electron chi connectivity index (χ2n) is 3.22. The molecule has 0 bridgehead atoms.